The first-order valence-electron chi connectivity index (χ1n) is 11.3. The summed E-state index contributed by atoms with van der Waals surface area (Å²) in [7, 11) is 1.66. The molecule has 0 aliphatic rings. The van der Waals surface area contributed by atoms with Gasteiger partial charge in [-0.3, -0.25) is 9.88 Å². The number of anilines is 1. The molecule has 0 saturated carbocycles. The Morgan fingerprint density at radius 2 is 1.85 bits per heavy atom. The van der Waals surface area contributed by atoms with Gasteiger partial charge in [0.15, 0.2) is 0 Å². The van der Waals surface area contributed by atoms with E-state index in [1.54, 1.807) is 18.2 Å². The van der Waals surface area contributed by atoms with Gasteiger partial charge in [0.1, 0.15) is 11.4 Å². The lowest BCUT2D eigenvalue weighted by Gasteiger charge is -2.28. The summed E-state index contributed by atoms with van der Waals surface area (Å²) in [6.07, 6.45) is 3.50. The summed E-state index contributed by atoms with van der Waals surface area (Å²) in [4.78, 5) is 20.8. The molecule has 0 spiro atoms. The fraction of sp³-hybridized carbons (Fsp3) is 0.481. The summed E-state index contributed by atoms with van der Waals surface area (Å²) in [5.74, 6) is 0.790. The second kappa shape index (κ2) is 11.1. The summed E-state index contributed by atoms with van der Waals surface area (Å²) in [6, 6.07) is 6.23. The number of hydrogen-bond acceptors (Lipinski definition) is 5. The number of carbonyl (C=O) groups excluding carboxylic acids is 1. The van der Waals surface area contributed by atoms with Crippen molar-refractivity contribution in [3.05, 3.63) is 58.4 Å². The molecular formula is C27H38N2O3S. The van der Waals surface area contributed by atoms with Crippen LogP contribution in [0, 0.1) is 20.8 Å². The van der Waals surface area contributed by atoms with Gasteiger partial charge < -0.3 is 9.47 Å². The highest BCUT2D eigenvalue weighted by Gasteiger charge is 2.26. The highest BCUT2D eigenvalue weighted by Crippen LogP contribution is 2.35. The van der Waals surface area contributed by atoms with Crippen LogP contribution in [0.1, 0.15) is 69.5 Å². The zero-order valence-corrected chi connectivity index (χ0v) is 22.5. The van der Waals surface area contributed by atoms with E-state index in [0.717, 1.165) is 39.4 Å². The predicted molar refractivity (Wildman–Crippen MR) is 140 cm³/mol. The monoisotopic (exact) mass is 470 g/mol. The molecule has 6 heteroatoms. The number of thioether (sulfide) groups is 1. The van der Waals surface area contributed by atoms with Gasteiger partial charge >= 0.3 is 6.09 Å². The summed E-state index contributed by atoms with van der Waals surface area (Å²) >= 11 is 1.81. The van der Waals surface area contributed by atoms with Gasteiger partial charge in [0.2, 0.25) is 0 Å². The molecule has 0 saturated heterocycles. The zero-order valence-electron chi connectivity index (χ0n) is 21.7. The lowest BCUT2D eigenvalue weighted by atomic mass is 10.1. The lowest BCUT2D eigenvalue weighted by Crippen LogP contribution is -2.37. The molecule has 1 amide bonds. The highest BCUT2D eigenvalue weighted by molar-refractivity contribution is 8.08. The number of ether oxygens (including phenoxy) is 2. The third-order valence-electron chi connectivity index (χ3n) is 4.95. The van der Waals surface area contributed by atoms with Crippen molar-refractivity contribution in [3.63, 3.8) is 0 Å². The standard InChI is InChI=1S/C27H38N2O3S/c1-11-24(33-17(2)3)21-12-18(4)13-22(14-21)29(26(30)32-27(7,8)9)16-23-20(6)25(31-10)19(5)15-28-23/h11-15,17H,16H2,1-10H3/b24-11-. The lowest BCUT2D eigenvalue weighted by molar-refractivity contribution is 0.0577. The second-order valence-corrected chi connectivity index (χ2v) is 11.1. The van der Waals surface area contributed by atoms with Crippen LogP contribution >= 0.6 is 11.8 Å². The molecule has 33 heavy (non-hydrogen) atoms. The normalized spacial score (nSPS) is 12.2. The minimum atomic E-state index is -0.614. The molecule has 0 fully saturated rings. The molecule has 1 aromatic carbocycles. The number of methoxy groups -OCH3 is 1. The fourth-order valence-electron chi connectivity index (χ4n) is 3.58. The molecule has 0 aliphatic carbocycles. The van der Waals surface area contributed by atoms with Gasteiger partial charge in [-0.1, -0.05) is 26.0 Å². The molecule has 0 aliphatic heterocycles. The summed E-state index contributed by atoms with van der Waals surface area (Å²) in [5.41, 5.74) is 4.99. The smallest absolute Gasteiger partial charge is 0.415 e. The van der Waals surface area contributed by atoms with E-state index in [-0.39, 0.29) is 6.54 Å². The van der Waals surface area contributed by atoms with Crippen molar-refractivity contribution in [3.8, 4) is 5.75 Å². The zero-order chi connectivity index (χ0) is 24.9. The highest BCUT2D eigenvalue weighted by atomic mass is 32.2. The van der Waals surface area contributed by atoms with E-state index in [0.29, 0.717) is 5.25 Å². The van der Waals surface area contributed by atoms with E-state index >= 15 is 0 Å². The summed E-state index contributed by atoms with van der Waals surface area (Å²) in [5, 5.41) is 0.453. The van der Waals surface area contributed by atoms with E-state index in [9.17, 15) is 4.79 Å². The van der Waals surface area contributed by atoms with Crippen molar-refractivity contribution < 1.29 is 14.3 Å². The Balaban J connectivity index is 2.59. The summed E-state index contributed by atoms with van der Waals surface area (Å²) < 4.78 is 11.4. The number of allylic oxidation sites excluding steroid dienone is 1. The Hall–Kier alpha value is -2.47. The fourth-order valence-corrected chi connectivity index (χ4v) is 4.47. The Bertz CT molecular complexity index is 1020. The molecule has 1 heterocycles. The number of amides is 1. The largest absolute Gasteiger partial charge is 0.496 e. The molecule has 180 valence electrons. The quantitative estimate of drug-likeness (QED) is 0.420. The second-order valence-electron chi connectivity index (χ2n) is 9.49. The molecule has 0 radical (unpaired) electrons. The number of aryl methyl sites for hydroxylation is 2. The van der Waals surface area contributed by atoms with E-state index in [4.69, 9.17) is 9.47 Å². The topological polar surface area (TPSA) is 51.7 Å². The minimum Gasteiger partial charge on any atom is -0.496 e. The van der Waals surface area contributed by atoms with Crippen LogP contribution in [0.15, 0.2) is 30.5 Å². The van der Waals surface area contributed by atoms with Crippen molar-refractivity contribution >= 4 is 28.4 Å². The van der Waals surface area contributed by atoms with Crippen molar-refractivity contribution in [1.82, 2.24) is 4.98 Å². The molecule has 1 aromatic heterocycles. The molecule has 0 bridgehead atoms. The molecule has 2 rings (SSSR count). The maximum atomic E-state index is 13.4. The van der Waals surface area contributed by atoms with E-state index in [2.05, 4.69) is 37.0 Å². The molecule has 0 unspecified atom stereocenters. The van der Waals surface area contributed by atoms with Crippen molar-refractivity contribution in [1.29, 1.82) is 0 Å². The van der Waals surface area contributed by atoms with Crippen LogP contribution in [0.25, 0.3) is 4.91 Å². The predicted octanol–water partition coefficient (Wildman–Crippen LogP) is 7.46. The Morgan fingerprint density at radius 1 is 1.18 bits per heavy atom. The first-order chi connectivity index (χ1) is 15.4. The third-order valence-corrected chi connectivity index (χ3v) is 6.15. The first kappa shape index (κ1) is 26.8. The van der Waals surface area contributed by atoms with Crippen LogP contribution in [-0.2, 0) is 11.3 Å². The van der Waals surface area contributed by atoms with Gasteiger partial charge in [-0.05, 0) is 71.7 Å². The number of nitrogens with zero attached hydrogens (tertiary/aromatic N) is 2. The maximum absolute atomic E-state index is 13.4. The number of rotatable bonds is 7. The summed E-state index contributed by atoms with van der Waals surface area (Å²) in [6.45, 7) is 18.3. The van der Waals surface area contributed by atoms with Gasteiger partial charge in [-0.2, -0.15) is 0 Å². The average Bonchev–Trinajstić information content (AvgIpc) is 2.69. The van der Waals surface area contributed by atoms with Crippen LogP contribution < -0.4 is 9.64 Å². The number of pyridine rings is 1. The van der Waals surface area contributed by atoms with Gasteiger partial charge in [-0.15, -0.1) is 11.8 Å². The Kier molecular flexibility index (Phi) is 9.01. The van der Waals surface area contributed by atoms with Crippen LogP contribution in [0.3, 0.4) is 0 Å². The molecular weight excluding hydrogens is 432 g/mol. The number of carbonyl (C=O) groups is 1. The number of benzene rings is 1. The van der Waals surface area contributed by atoms with Crippen LogP contribution in [0.2, 0.25) is 0 Å². The number of hydrogen-bond donors (Lipinski definition) is 0. The van der Waals surface area contributed by atoms with E-state index in [1.165, 1.54) is 4.91 Å². The van der Waals surface area contributed by atoms with E-state index < -0.39 is 11.7 Å². The van der Waals surface area contributed by atoms with Crippen molar-refractivity contribution in [2.45, 2.75) is 79.7 Å². The van der Waals surface area contributed by atoms with Gasteiger partial charge in [0.25, 0.3) is 0 Å². The maximum Gasteiger partial charge on any atom is 0.415 e. The van der Waals surface area contributed by atoms with Crippen molar-refractivity contribution in [2.75, 3.05) is 12.0 Å². The Labute approximate surface area is 203 Å². The van der Waals surface area contributed by atoms with Gasteiger partial charge in [0, 0.05) is 33.2 Å². The van der Waals surface area contributed by atoms with Gasteiger partial charge in [-0.25, -0.2) is 4.79 Å². The molecule has 0 atom stereocenters. The minimum absolute atomic E-state index is 0.281. The molecule has 5 nitrogen and oxygen atoms in total. The van der Waals surface area contributed by atoms with Crippen LogP contribution in [-0.4, -0.2) is 29.0 Å². The SMILES string of the molecule is C/C=C(\SC(C)C)c1cc(C)cc(N(Cc2ncc(C)c(OC)c2C)C(=O)OC(C)(C)C)c1. The van der Waals surface area contributed by atoms with E-state index in [1.807, 2.05) is 66.3 Å². The molecule has 2 aromatic rings. The third kappa shape index (κ3) is 7.26. The van der Waals surface area contributed by atoms with Gasteiger partial charge in [0.05, 0.1) is 19.3 Å². The Morgan fingerprint density at radius 3 is 2.39 bits per heavy atom. The van der Waals surface area contributed by atoms with Crippen molar-refractivity contribution in [2.24, 2.45) is 0 Å². The number of aromatic nitrogens is 1. The molecule has 0 N–H and O–H groups in total. The first-order valence-corrected chi connectivity index (χ1v) is 12.2. The van der Waals surface area contributed by atoms with Crippen LogP contribution in [0.4, 0.5) is 10.5 Å². The van der Waals surface area contributed by atoms with Crippen LogP contribution in [0.5, 0.6) is 5.75 Å². The average molecular weight is 471 g/mol.